The molecule has 1 saturated heterocycles. The second-order valence-electron chi connectivity index (χ2n) is 5.33. The Morgan fingerprint density at radius 3 is 2.43 bits per heavy atom. The first-order valence-electron chi connectivity index (χ1n) is 7.57. The zero-order valence-corrected chi connectivity index (χ0v) is 12.7. The summed E-state index contributed by atoms with van der Waals surface area (Å²) in [5.41, 5.74) is 0.533. The number of ether oxygens (including phenoxy) is 1. The van der Waals surface area contributed by atoms with Gasteiger partial charge in [0, 0.05) is 26.2 Å². The maximum atomic E-state index is 12.3. The lowest BCUT2D eigenvalue weighted by Crippen LogP contribution is -2.38. The lowest BCUT2D eigenvalue weighted by molar-refractivity contribution is 0.0759. The average molecular weight is 314 g/mol. The molecule has 0 saturated carbocycles. The van der Waals surface area contributed by atoms with Gasteiger partial charge in [-0.1, -0.05) is 18.2 Å². The van der Waals surface area contributed by atoms with Crippen LogP contribution in [0, 0.1) is 0 Å². The second kappa shape index (κ2) is 7.00. The number of nitrogens with zero attached hydrogens (tertiary/aromatic N) is 2. The molecule has 2 aromatic rings. The van der Waals surface area contributed by atoms with Crippen LogP contribution in [0.4, 0.5) is 4.79 Å². The number of furan rings is 1. The number of carbonyl (C=O) groups excluding carboxylic acids is 2. The Kier molecular flexibility index (Phi) is 4.61. The summed E-state index contributed by atoms with van der Waals surface area (Å²) in [4.78, 5) is 27.9. The summed E-state index contributed by atoms with van der Waals surface area (Å²) in [5.74, 6) is 0.449. The zero-order valence-electron chi connectivity index (χ0n) is 12.7. The van der Waals surface area contributed by atoms with E-state index in [1.54, 1.807) is 28.0 Å². The Balaban J connectivity index is 1.58. The Hall–Kier alpha value is -2.76. The third kappa shape index (κ3) is 3.71. The molecular formula is C17H18N2O4. The third-order valence-corrected chi connectivity index (χ3v) is 3.76. The molecule has 2 heterocycles. The van der Waals surface area contributed by atoms with E-state index < -0.39 is 0 Å². The van der Waals surface area contributed by atoms with Crippen LogP contribution in [0.3, 0.4) is 0 Å². The van der Waals surface area contributed by atoms with Crippen LogP contribution in [-0.2, 0) is 0 Å². The van der Waals surface area contributed by atoms with Crippen molar-refractivity contribution in [3.63, 3.8) is 0 Å². The summed E-state index contributed by atoms with van der Waals surface area (Å²) in [7, 11) is 0. The topological polar surface area (TPSA) is 63.0 Å². The van der Waals surface area contributed by atoms with E-state index in [1.165, 1.54) is 12.5 Å². The highest BCUT2D eigenvalue weighted by Crippen LogP contribution is 2.13. The van der Waals surface area contributed by atoms with Crippen molar-refractivity contribution in [3.05, 3.63) is 54.5 Å². The minimum atomic E-state index is -0.381. The van der Waals surface area contributed by atoms with Crippen LogP contribution in [0.25, 0.3) is 0 Å². The van der Waals surface area contributed by atoms with Crippen LogP contribution in [0.1, 0.15) is 16.8 Å². The van der Waals surface area contributed by atoms with E-state index in [1.807, 2.05) is 18.2 Å². The molecule has 1 fully saturated rings. The van der Waals surface area contributed by atoms with E-state index in [-0.39, 0.29) is 12.0 Å². The lowest BCUT2D eigenvalue weighted by atomic mass is 10.3. The summed E-state index contributed by atoms with van der Waals surface area (Å²) in [6, 6.07) is 10.6. The van der Waals surface area contributed by atoms with E-state index >= 15 is 0 Å². The van der Waals surface area contributed by atoms with Crippen LogP contribution in [0.5, 0.6) is 5.75 Å². The molecule has 2 amide bonds. The minimum Gasteiger partial charge on any atom is -0.472 e. The van der Waals surface area contributed by atoms with Crippen LogP contribution in [0.15, 0.2) is 53.3 Å². The van der Waals surface area contributed by atoms with E-state index in [9.17, 15) is 9.59 Å². The predicted octanol–water partition coefficient (Wildman–Crippen LogP) is 2.63. The van der Waals surface area contributed by atoms with Crippen LogP contribution >= 0.6 is 0 Å². The molecule has 3 rings (SSSR count). The Morgan fingerprint density at radius 2 is 1.70 bits per heavy atom. The predicted molar refractivity (Wildman–Crippen MR) is 83.3 cm³/mol. The van der Waals surface area contributed by atoms with Gasteiger partial charge in [0.05, 0.1) is 11.8 Å². The average Bonchev–Trinajstić information content (AvgIpc) is 2.99. The number of hydrogen-bond acceptors (Lipinski definition) is 4. The Morgan fingerprint density at radius 1 is 0.957 bits per heavy atom. The molecule has 0 radical (unpaired) electrons. The highest BCUT2D eigenvalue weighted by atomic mass is 16.6. The van der Waals surface area contributed by atoms with Crippen molar-refractivity contribution in [2.24, 2.45) is 0 Å². The number of rotatable bonds is 2. The number of hydrogen-bond donors (Lipinski definition) is 0. The molecule has 0 spiro atoms. The monoisotopic (exact) mass is 314 g/mol. The van der Waals surface area contributed by atoms with E-state index in [2.05, 4.69) is 0 Å². The van der Waals surface area contributed by atoms with Crippen LogP contribution in [-0.4, -0.2) is 48.0 Å². The van der Waals surface area contributed by atoms with Crippen LogP contribution in [0.2, 0.25) is 0 Å². The van der Waals surface area contributed by atoms with Gasteiger partial charge in [-0.15, -0.1) is 0 Å². The summed E-state index contributed by atoms with van der Waals surface area (Å²) in [5, 5.41) is 0. The third-order valence-electron chi connectivity index (χ3n) is 3.76. The van der Waals surface area contributed by atoms with Crippen molar-refractivity contribution >= 4 is 12.0 Å². The Labute approximate surface area is 134 Å². The van der Waals surface area contributed by atoms with E-state index in [0.29, 0.717) is 43.9 Å². The highest BCUT2D eigenvalue weighted by molar-refractivity contribution is 5.93. The maximum Gasteiger partial charge on any atom is 0.415 e. The first-order valence-corrected chi connectivity index (χ1v) is 7.57. The summed E-state index contributed by atoms with van der Waals surface area (Å²) < 4.78 is 10.3. The largest absolute Gasteiger partial charge is 0.472 e. The molecule has 6 heteroatoms. The van der Waals surface area contributed by atoms with Gasteiger partial charge in [-0.25, -0.2) is 4.79 Å². The summed E-state index contributed by atoms with van der Waals surface area (Å²) in [6.45, 7) is 2.11. The van der Waals surface area contributed by atoms with E-state index in [0.717, 1.165) is 0 Å². The van der Waals surface area contributed by atoms with Gasteiger partial charge in [-0.2, -0.15) is 0 Å². The molecule has 0 bridgehead atoms. The SMILES string of the molecule is O=C(Oc1ccccc1)N1CCCN(C(=O)c2ccoc2)CC1. The van der Waals surface area contributed by atoms with Gasteiger partial charge in [-0.3, -0.25) is 4.79 Å². The van der Waals surface area contributed by atoms with Gasteiger partial charge in [-0.05, 0) is 24.6 Å². The number of carbonyl (C=O) groups is 2. The first-order chi connectivity index (χ1) is 11.2. The van der Waals surface area contributed by atoms with Crippen molar-refractivity contribution < 1.29 is 18.7 Å². The van der Waals surface area contributed by atoms with Crippen molar-refractivity contribution in [1.82, 2.24) is 9.80 Å². The molecule has 0 unspecified atom stereocenters. The summed E-state index contributed by atoms with van der Waals surface area (Å²) in [6.07, 6.45) is 3.25. The van der Waals surface area contributed by atoms with Gasteiger partial charge in [0.2, 0.25) is 0 Å². The molecule has 0 atom stereocenters. The molecule has 0 aliphatic carbocycles. The Bertz CT molecular complexity index is 654. The standard InChI is InChI=1S/C17H18N2O4/c20-16(14-7-12-22-13-14)18-8-4-9-19(11-10-18)17(21)23-15-5-2-1-3-6-15/h1-3,5-7,12-13H,4,8-11H2. The smallest absolute Gasteiger partial charge is 0.415 e. The zero-order chi connectivity index (χ0) is 16.1. The fourth-order valence-corrected chi connectivity index (χ4v) is 2.53. The van der Waals surface area contributed by atoms with Crippen molar-refractivity contribution in [3.8, 4) is 5.75 Å². The van der Waals surface area contributed by atoms with Gasteiger partial charge in [0.25, 0.3) is 5.91 Å². The number of para-hydroxylation sites is 1. The molecular weight excluding hydrogens is 296 g/mol. The molecule has 1 aliphatic rings. The second-order valence-corrected chi connectivity index (χ2v) is 5.33. The highest BCUT2D eigenvalue weighted by Gasteiger charge is 2.24. The fraction of sp³-hybridized carbons (Fsp3) is 0.294. The molecule has 1 aromatic carbocycles. The number of amides is 2. The van der Waals surface area contributed by atoms with Gasteiger partial charge in [0.15, 0.2) is 0 Å². The summed E-state index contributed by atoms with van der Waals surface area (Å²) >= 11 is 0. The normalized spacial score (nSPS) is 15.1. The van der Waals surface area contributed by atoms with Crippen LogP contribution < -0.4 is 4.74 Å². The van der Waals surface area contributed by atoms with Gasteiger partial charge < -0.3 is 19.0 Å². The molecule has 0 N–H and O–H groups in total. The molecule has 23 heavy (non-hydrogen) atoms. The fourth-order valence-electron chi connectivity index (χ4n) is 2.53. The van der Waals surface area contributed by atoms with Gasteiger partial charge in [0.1, 0.15) is 12.0 Å². The van der Waals surface area contributed by atoms with Crippen molar-refractivity contribution in [2.75, 3.05) is 26.2 Å². The van der Waals surface area contributed by atoms with Crippen molar-refractivity contribution in [2.45, 2.75) is 6.42 Å². The number of benzene rings is 1. The minimum absolute atomic E-state index is 0.0722. The van der Waals surface area contributed by atoms with E-state index in [4.69, 9.17) is 9.15 Å². The van der Waals surface area contributed by atoms with Crippen molar-refractivity contribution in [1.29, 1.82) is 0 Å². The maximum absolute atomic E-state index is 12.3. The molecule has 1 aliphatic heterocycles. The quantitative estimate of drug-likeness (QED) is 0.855. The van der Waals surface area contributed by atoms with Gasteiger partial charge >= 0.3 is 6.09 Å². The molecule has 6 nitrogen and oxygen atoms in total. The lowest BCUT2D eigenvalue weighted by Gasteiger charge is -2.21. The molecule has 120 valence electrons. The first kappa shape index (κ1) is 15.1. The molecule has 1 aromatic heterocycles.